The number of nitrogen functional groups attached to an aromatic ring is 1. The molecule has 0 bridgehead atoms. The molecule has 1 saturated heterocycles. The predicted molar refractivity (Wildman–Crippen MR) is 67.8 cm³/mol. The highest BCUT2D eigenvalue weighted by Crippen LogP contribution is 2.34. The van der Waals surface area contributed by atoms with Gasteiger partial charge in [-0.05, 0) is 25.5 Å². The van der Waals surface area contributed by atoms with E-state index in [2.05, 4.69) is 4.98 Å². The fourth-order valence-corrected chi connectivity index (χ4v) is 2.18. The number of carbonyl (C=O) groups excluding carboxylic acids is 1. The molecule has 1 aromatic rings. The van der Waals surface area contributed by atoms with E-state index in [0.717, 1.165) is 0 Å². The number of rotatable bonds is 2. The van der Waals surface area contributed by atoms with Crippen LogP contribution in [0.25, 0.3) is 0 Å². The number of halogens is 1. The van der Waals surface area contributed by atoms with Gasteiger partial charge in [-0.25, -0.2) is 4.98 Å². The molecule has 6 heteroatoms. The first-order valence-electron chi connectivity index (χ1n) is 5.39. The summed E-state index contributed by atoms with van der Waals surface area (Å²) in [6, 6.07) is 3.36. The van der Waals surface area contributed by atoms with Crippen molar-refractivity contribution < 1.29 is 4.79 Å². The van der Waals surface area contributed by atoms with Crippen LogP contribution < -0.4 is 16.4 Å². The number of nitrogens with zero attached hydrogens (tertiary/aromatic N) is 2. The lowest BCUT2D eigenvalue weighted by Crippen LogP contribution is -2.37. The fourth-order valence-electron chi connectivity index (χ4n) is 2.03. The van der Waals surface area contributed by atoms with Crippen molar-refractivity contribution in [3.05, 3.63) is 17.3 Å². The van der Waals surface area contributed by atoms with Crippen molar-refractivity contribution in [3.63, 3.8) is 0 Å². The smallest absolute Gasteiger partial charge is 0.225 e. The standard InChI is InChI=1S/C11H15ClN4O/c1-11(10(14)17)4-5-16(6-11)9-7(13)2-3-8(12)15-9/h2-3H,4-6,13H2,1H3,(H2,14,17). The second kappa shape index (κ2) is 4.07. The van der Waals surface area contributed by atoms with Crippen LogP contribution in [0.4, 0.5) is 11.5 Å². The number of amides is 1. The van der Waals surface area contributed by atoms with E-state index >= 15 is 0 Å². The van der Waals surface area contributed by atoms with Crippen LogP contribution in [0.1, 0.15) is 13.3 Å². The van der Waals surface area contributed by atoms with E-state index in [4.69, 9.17) is 23.1 Å². The lowest BCUT2D eigenvalue weighted by atomic mass is 9.89. The van der Waals surface area contributed by atoms with E-state index in [1.807, 2.05) is 11.8 Å². The first kappa shape index (κ1) is 12.0. The molecule has 1 unspecified atom stereocenters. The van der Waals surface area contributed by atoms with Gasteiger partial charge in [-0.1, -0.05) is 11.6 Å². The van der Waals surface area contributed by atoms with E-state index in [-0.39, 0.29) is 5.91 Å². The maximum Gasteiger partial charge on any atom is 0.225 e. The zero-order valence-electron chi connectivity index (χ0n) is 9.61. The molecule has 1 fully saturated rings. The van der Waals surface area contributed by atoms with Crippen LogP contribution in [0.3, 0.4) is 0 Å². The van der Waals surface area contributed by atoms with E-state index in [1.165, 1.54) is 0 Å². The van der Waals surface area contributed by atoms with Gasteiger partial charge in [0.2, 0.25) is 5.91 Å². The van der Waals surface area contributed by atoms with Gasteiger partial charge in [0.25, 0.3) is 0 Å². The molecular weight excluding hydrogens is 240 g/mol. The molecule has 92 valence electrons. The number of anilines is 2. The molecule has 17 heavy (non-hydrogen) atoms. The second-order valence-electron chi connectivity index (χ2n) is 4.64. The van der Waals surface area contributed by atoms with Crippen LogP contribution in [-0.4, -0.2) is 24.0 Å². The summed E-state index contributed by atoms with van der Waals surface area (Å²) in [6.45, 7) is 3.09. The second-order valence-corrected chi connectivity index (χ2v) is 5.03. The Labute approximate surface area is 105 Å². The minimum Gasteiger partial charge on any atom is -0.396 e. The monoisotopic (exact) mass is 254 g/mol. The van der Waals surface area contributed by atoms with Gasteiger partial charge in [0.05, 0.1) is 11.1 Å². The molecule has 1 atom stereocenters. The summed E-state index contributed by atoms with van der Waals surface area (Å²) in [7, 11) is 0. The minimum atomic E-state index is -0.517. The van der Waals surface area contributed by atoms with Crippen LogP contribution in [0.5, 0.6) is 0 Å². The van der Waals surface area contributed by atoms with Gasteiger partial charge >= 0.3 is 0 Å². The molecule has 1 aliphatic heterocycles. The highest BCUT2D eigenvalue weighted by Gasteiger charge is 2.39. The fraction of sp³-hybridized carbons (Fsp3) is 0.455. The summed E-state index contributed by atoms with van der Waals surface area (Å²) in [6.07, 6.45) is 0.704. The number of nitrogens with two attached hydrogens (primary N) is 2. The normalized spacial score (nSPS) is 24.0. The number of hydrogen-bond acceptors (Lipinski definition) is 4. The molecule has 0 spiro atoms. The Hall–Kier alpha value is -1.49. The largest absolute Gasteiger partial charge is 0.396 e. The third-order valence-corrected chi connectivity index (χ3v) is 3.45. The van der Waals surface area contributed by atoms with Crippen LogP contribution in [0, 0.1) is 5.41 Å². The zero-order chi connectivity index (χ0) is 12.6. The van der Waals surface area contributed by atoms with Crippen molar-refractivity contribution >= 4 is 29.0 Å². The van der Waals surface area contributed by atoms with E-state index < -0.39 is 5.41 Å². The van der Waals surface area contributed by atoms with Crippen LogP contribution in [0.15, 0.2) is 12.1 Å². The van der Waals surface area contributed by atoms with Crippen molar-refractivity contribution in [2.45, 2.75) is 13.3 Å². The quantitative estimate of drug-likeness (QED) is 0.772. The highest BCUT2D eigenvalue weighted by atomic mass is 35.5. The van der Waals surface area contributed by atoms with E-state index in [9.17, 15) is 4.79 Å². The average molecular weight is 255 g/mol. The summed E-state index contributed by atoms with van der Waals surface area (Å²) in [5, 5.41) is 0.391. The Morgan fingerprint density at radius 1 is 1.59 bits per heavy atom. The van der Waals surface area contributed by atoms with Crippen molar-refractivity contribution in [3.8, 4) is 0 Å². The Morgan fingerprint density at radius 2 is 2.29 bits per heavy atom. The lowest BCUT2D eigenvalue weighted by molar-refractivity contribution is -0.125. The van der Waals surface area contributed by atoms with Crippen LogP contribution >= 0.6 is 11.6 Å². The first-order valence-corrected chi connectivity index (χ1v) is 5.77. The molecule has 4 N–H and O–H groups in total. The van der Waals surface area contributed by atoms with Crippen LogP contribution in [-0.2, 0) is 4.79 Å². The molecule has 2 rings (SSSR count). The van der Waals surface area contributed by atoms with Gasteiger partial charge in [-0.2, -0.15) is 0 Å². The Bertz CT molecular complexity index is 465. The maximum atomic E-state index is 11.4. The molecule has 1 aliphatic rings. The summed E-state index contributed by atoms with van der Waals surface area (Å²) in [5.74, 6) is 0.336. The summed E-state index contributed by atoms with van der Waals surface area (Å²) in [5.41, 5.74) is 11.3. The molecule has 0 aromatic carbocycles. The molecule has 0 radical (unpaired) electrons. The molecule has 5 nitrogen and oxygen atoms in total. The third kappa shape index (κ3) is 2.15. The van der Waals surface area contributed by atoms with Crippen molar-refractivity contribution in [2.24, 2.45) is 11.1 Å². The van der Waals surface area contributed by atoms with Gasteiger partial charge in [0.1, 0.15) is 5.15 Å². The van der Waals surface area contributed by atoms with Gasteiger partial charge in [0.15, 0.2) is 5.82 Å². The number of aromatic nitrogens is 1. The number of primary amides is 1. The van der Waals surface area contributed by atoms with Gasteiger partial charge in [-0.3, -0.25) is 4.79 Å². The molecule has 1 amide bonds. The molecule has 1 aromatic heterocycles. The van der Waals surface area contributed by atoms with Gasteiger partial charge in [-0.15, -0.1) is 0 Å². The summed E-state index contributed by atoms with van der Waals surface area (Å²) >= 11 is 5.84. The number of carbonyl (C=O) groups is 1. The Balaban J connectivity index is 2.26. The van der Waals surface area contributed by atoms with Crippen molar-refractivity contribution in [1.82, 2.24) is 4.98 Å². The minimum absolute atomic E-state index is 0.291. The number of pyridine rings is 1. The maximum absolute atomic E-state index is 11.4. The zero-order valence-corrected chi connectivity index (χ0v) is 10.4. The predicted octanol–water partition coefficient (Wildman–Crippen LogP) is 1.02. The van der Waals surface area contributed by atoms with Crippen molar-refractivity contribution in [1.29, 1.82) is 0 Å². The van der Waals surface area contributed by atoms with Gasteiger partial charge in [0, 0.05) is 13.1 Å². The van der Waals surface area contributed by atoms with E-state index in [1.54, 1.807) is 12.1 Å². The molecule has 0 aliphatic carbocycles. The first-order chi connectivity index (χ1) is 7.92. The molecular formula is C11H15ClN4O. The van der Waals surface area contributed by atoms with Gasteiger partial charge < -0.3 is 16.4 Å². The Kier molecular flexibility index (Phi) is 2.87. The summed E-state index contributed by atoms with van der Waals surface area (Å²) in [4.78, 5) is 17.5. The Morgan fingerprint density at radius 3 is 2.88 bits per heavy atom. The molecule has 0 saturated carbocycles. The van der Waals surface area contributed by atoms with Crippen molar-refractivity contribution in [2.75, 3.05) is 23.7 Å². The molecule has 2 heterocycles. The third-order valence-electron chi connectivity index (χ3n) is 3.24. The lowest BCUT2D eigenvalue weighted by Gasteiger charge is -2.22. The topological polar surface area (TPSA) is 85.2 Å². The SMILES string of the molecule is CC1(C(N)=O)CCN(c2nc(Cl)ccc2N)C1. The highest BCUT2D eigenvalue weighted by molar-refractivity contribution is 6.29. The van der Waals surface area contributed by atoms with Crippen LogP contribution in [0.2, 0.25) is 5.15 Å². The average Bonchev–Trinajstić information content (AvgIpc) is 2.66. The summed E-state index contributed by atoms with van der Waals surface area (Å²) < 4.78 is 0. The van der Waals surface area contributed by atoms with E-state index in [0.29, 0.717) is 36.2 Å². The number of hydrogen-bond donors (Lipinski definition) is 2.